The van der Waals surface area contributed by atoms with Crippen molar-refractivity contribution in [3.8, 4) is 0 Å². The van der Waals surface area contributed by atoms with Gasteiger partial charge in [-0.05, 0) is 43.0 Å². The van der Waals surface area contributed by atoms with Gasteiger partial charge in [0.1, 0.15) is 0 Å². The lowest BCUT2D eigenvalue weighted by molar-refractivity contribution is -0.136. The van der Waals surface area contributed by atoms with Crippen molar-refractivity contribution >= 4 is 17.5 Å². The normalized spacial score (nSPS) is 11.6. The van der Waals surface area contributed by atoms with Crippen molar-refractivity contribution in [1.82, 2.24) is 5.32 Å². The van der Waals surface area contributed by atoms with Crippen LogP contribution in [0.25, 0.3) is 0 Å². The van der Waals surface area contributed by atoms with Crippen molar-refractivity contribution in [2.24, 2.45) is 0 Å². The summed E-state index contributed by atoms with van der Waals surface area (Å²) in [6.45, 7) is 3.75. The first-order valence-corrected chi connectivity index (χ1v) is 7.86. The van der Waals surface area contributed by atoms with Crippen molar-refractivity contribution in [3.63, 3.8) is 0 Å². The Morgan fingerprint density at radius 2 is 1.71 bits per heavy atom. The summed E-state index contributed by atoms with van der Waals surface area (Å²) in [7, 11) is 0. The van der Waals surface area contributed by atoms with E-state index in [1.807, 2.05) is 56.3 Å². The summed E-state index contributed by atoms with van der Waals surface area (Å²) < 4.78 is 0. The average molecular weight is 326 g/mol. The first-order valence-electron chi connectivity index (χ1n) is 7.86. The average Bonchev–Trinajstić information content (AvgIpc) is 2.59. The molecule has 24 heavy (non-hydrogen) atoms. The molecule has 2 aromatic carbocycles. The van der Waals surface area contributed by atoms with Crippen LogP contribution in [0.5, 0.6) is 0 Å². The molecule has 5 nitrogen and oxygen atoms in total. The predicted octanol–water partition coefficient (Wildman–Crippen LogP) is 2.48. The molecule has 0 aromatic heterocycles. The third kappa shape index (κ3) is 4.43. The number of aliphatic hydroxyl groups excluding tert-OH is 1. The molecular weight excluding hydrogens is 304 g/mol. The van der Waals surface area contributed by atoms with Gasteiger partial charge in [0.15, 0.2) is 0 Å². The number of rotatable bonds is 5. The summed E-state index contributed by atoms with van der Waals surface area (Å²) in [6, 6.07) is 14.4. The van der Waals surface area contributed by atoms with E-state index in [1.165, 1.54) is 0 Å². The molecule has 2 rings (SSSR count). The molecule has 0 bridgehead atoms. The first-order chi connectivity index (χ1) is 11.5. The summed E-state index contributed by atoms with van der Waals surface area (Å²) >= 11 is 0. The number of hydrogen-bond donors (Lipinski definition) is 3. The summed E-state index contributed by atoms with van der Waals surface area (Å²) in [6.07, 6.45) is 0.340. The molecule has 0 heterocycles. The zero-order chi connectivity index (χ0) is 17.5. The fourth-order valence-electron chi connectivity index (χ4n) is 2.43. The van der Waals surface area contributed by atoms with Gasteiger partial charge < -0.3 is 15.7 Å². The fourth-order valence-corrected chi connectivity index (χ4v) is 2.43. The van der Waals surface area contributed by atoms with Crippen molar-refractivity contribution in [1.29, 1.82) is 0 Å². The summed E-state index contributed by atoms with van der Waals surface area (Å²) in [5, 5.41) is 14.5. The minimum Gasteiger partial charge on any atom is -0.396 e. The molecule has 0 aliphatic rings. The molecule has 0 spiro atoms. The van der Waals surface area contributed by atoms with Crippen LogP contribution in [0.4, 0.5) is 5.69 Å². The highest BCUT2D eigenvalue weighted by molar-refractivity contribution is 6.39. The van der Waals surface area contributed by atoms with Crippen molar-refractivity contribution in [2.45, 2.75) is 26.3 Å². The quantitative estimate of drug-likeness (QED) is 0.739. The summed E-state index contributed by atoms with van der Waals surface area (Å²) in [5.41, 5.74) is 3.43. The van der Waals surface area contributed by atoms with Crippen LogP contribution in [0.15, 0.2) is 48.5 Å². The number of amides is 2. The summed E-state index contributed by atoms with van der Waals surface area (Å²) in [5.74, 6) is -1.44. The topological polar surface area (TPSA) is 78.4 Å². The lowest BCUT2D eigenvalue weighted by Crippen LogP contribution is -2.38. The first kappa shape index (κ1) is 17.7. The summed E-state index contributed by atoms with van der Waals surface area (Å²) in [4.78, 5) is 24.4. The minimum atomic E-state index is -0.724. The predicted molar refractivity (Wildman–Crippen MR) is 93.6 cm³/mol. The lowest BCUT2D eigenvalue weighted by atomic mass is 10.0. The van der Waals surface area contributed by atoms with E-state index in [4.69, 9.17) is 0 Å². The van der Waals surface area contributed by atoms with E-state index in [9.17, 15) is 14.7 Å². The van der Waals surface area contributed by atoms with Crippen LogP contribution in [0.3, 0.4) is 0 Å². The minimum absolute atomic E-state index is 0.0849. The zero-order valence-corrected chi connectivity index (χ0v) is 13.9. The maximum Gasteiger partial charge on any atom is 0.313 e. The van der Waals surface area contributed by atoms with Crippen LogP contribution < -0.4 is 10.6 Å². The second-order valence-corrected chi connectivity index (χ2v) is 5.65. The van der Waals surface area contributed by atoms with E-state index in [0.29, 0.717) is 12.1 Å². The number of hydrogen-bond acceptors (Lipinski definition) is 3. The Balaban J connectivity index is 2.06. The number of carbonyl (C=O) groups is 2. The van der Waals surface area contributed by atoms with Crippen LogP contribution in [-0.4, -0.2) is 23.5 Å². The standard InChI is InChI=1S/C19H22N2O3/c1-13-7-6-10-16(14(13)2)20-18(23)19(24)21-17(11-12-22)15-8-4-3-5-9-15/h3-10,17,22H,11-12H2,1-2H3,(H,20,23)(H,21,24). The van der Waals surface area contributed by atoms with E-state index >= 15 is 0 Å². The second-order valence-electron chi connectivity index (χ2n) is 5.65. The highest BCUT2D eigenvalue weighted by Gasteiger charge is 2.20. The number of aliphatic hydroxyl groups is 1. The Labute approximate surface area is 141 Å². The van der Waals surface area contributed by atoms with Crippen molar-refractivity contribution in [2.75, 3.05) is 11.9 Å². The van der Waals surface area contributed by atoms with Gasteiger partial charge in [-0.15, -0.1) is 0 Å². The number of nitrogens with one attached hydrogen (secondary N) is 2. The number of aryl methyl sites for hydroxylation is 1. The molecule has 0 saturated carbocycles. The van der Waals surface area contributed by atoms with Crippen LogP contribution in [-0.2, 0) is 9.59 Å². The van der Waals surface area contributed by atoms with Gasteiger partial charge in [-0.3, -0.25) is 9.59 Å². The van der Waals surface area contributed by atoms with Gasteiger partial charge in [-0.1, -0.05) is 42.5 Å². The molecule has 1 atom stereocenters. The number of anilines is 1. The van der Waals surface area contributed by atoms with Gasteiger partial charge in [0.2, 0.25) is 0 Å². The van der Waals surface area contributed by atoms with Crippen LogP contribution in [0.1, 0.15) is 29.2 Å². The molecule has 0 radical (unpaired) electrons. The molecule has 2 aromatic rings. The van der Waals surface area contributed by atoms with Crippen molar-refractivity contribution < 1.29 is 14.7 Å². The molecule has 3 N–H and O–H groups in total. The Kier molecular flexibility index (Phi) is 6.09. The molecule has 1 unspecified atom stereocenters. The van der Waals surface area contributed by atoms with Crippen molar-refractivity contribution in [3.05, 3.63) is 65.2 Å². The Morgan fingerprint density at radius 3 is 2.38 bits per heavy atom. The monoisotopic (exact) mass is 326 g/mol. The van der Waals surface area contributed by atoms with E-state index in [2.05, 4.69) is 10.6 Å². The third-order valence-electron chi connectivity index (χ3n) is 3.98. The highest BCUT2D eigenvalue weighted by atomic mass is 16.3. The third-order valence-corrected chi connectivity index (χ3v) is 3.98. The molecule has 2 amide bonds. The van der Waals surface area contributed by atoms with E-state index in [1.54, 1.807) is 6.07 Å². The SMILES string of the molecule is Cc1cccc(NC(=O)C(=O)NC(CCO)c2ccccc2)c1C. The zero-order valence-electron chi connectivity index (χ0n) is 13.9. The molecule has 5 heteroatoms. The molecule has 0 aliphatic heterocycles. The van der Waals surface area contributed by atoms with Gasteiger partial charge in [0, 0.05) is 12.3 Å². The van der Waals surface area contributed by atoms with Gasteiger partial charge in [-0.25, -0.2) is 0 Å². The second kappa shape index (κ2) is 8.26. The largest absolute Gasteiger partial charge is 0.396 e. The molecular formula is C19H22N2O3. The molecule has 0 saturated heterocycles. The van der Waals surface area contributed by atoms with Gasteiger partial charge in [-0.2, -0.15) is 0 Å². The Morgan fingerprint density at radius 1 is 1.00 bits per heavy atom. The van der Waals surface area contributed by atoms with Crippen LogP contribution in [0, 0.1) is 13.8 Å². The molecule has 126 valence electrons. The molecule has 0 fully saturated rings. The van der Waals surface area contributed by atoms with Gasteiger partial charge in [0.25, 0.3) is 0 Å². The van der Waals surface area contributed by atoms with E-state index in [-0.39, 0.29) is 6.61 Å². The Hall–Kier alpha value is -2.66. The number of carbonyl (C=O) groups excluding carboxylic acids is 2. The van der Waals surface area contributed by atoms with Crippen LogP contribution in [0.2, 0.25) is 0 Å². The van der Waals surface area contributed by atoms with E-state index in [0.717, 1.165) is 16.7 Å². The van der Waals surface area contributed by atoms with Gasteiger partial charge >= 0.3 is 11.8 Å². The van der Waals surface area contributed by atoms with Crippen LogP contribution >= 0.6 is 0 Å². The van der Waals surface area contributed by atoms with Gasteiger partial charge in [0.05, 0.1) is 6.04 Å². The van der Waals surface area contributed by atoms with E-state index < -0.39 is 17.9 Å². The maximum atomic E-state index is 12.2. The highest BCUT2D eigenvalue weighted by Crippen LogP contribution is 2.19. The maximum absolute atomic E-state index is 12.2. The lowest BCUT2D eigenvalue weighted by Gasteiger charge is -2.18. The molecule has 0 aliphatic carbocycles. The Bertz CT molecular complexity index is 714. The smallest absolute Gasteiger partial charge is 0.313 e. The number of benzene rings is 2. The fraction of sp³-hybridized carbons (Fsp3) is 0.263.